The molecule has 204 valence electrons. The molecule has 0 radical (unpaired) electrons. The number of rotatable bonds is 6. The first-order valence-corrected chi connectivity index (χ1v) is 14.0. The van der Waals surface area contributed by atoms with Crippen molar-refractivity contribution in [1.82, 2.24) is 14.8 Å². The standard InChI is InChI=1S/C31H36N4O4/c1-33-25-9-5-4-8-24(25)30(37)35-17-15-23-22-7-3-6-10-26(22)34(28(23)29(33)35)18-16-27(36)32-19-20-11-13-21(14-12-20)31(38)39-2/h3-10,20-21,29H,11-19H2,1-2H3,(H,32,36). The van der Waals surface area contributed by atoms with Crippen molar-refractivity contribution in [3.05, 3.63) is 65.4 Å². The molecule has 1 saturated carbocycles. The SMILES string of the molecule is COC(=O)C1CCC(CNC(=O)CCn2c3c(c4ccccc42)CCN2C(=O)c4ccccc4N(C)C32)CC1. The summed E-state index contributed by atoms with van der Waals surface area (Å²) in [5.41, 5.74) is 5.17. The van der Waals surface area contributed by atoms with Crippen molar-refractivity contribution in [3.63, 3.8) is 0 Å². The summed E-state index contributed by atoms with van der Waals surface area (Å²) in [6, 6.07) is 16.2. The fourth-order valence-electron chi connectivity index (χ4n) is 6.88. The largest absolute Gasteiger partial charge is 0.469 e. The smallest absolute Gasteiger partial charge is 0.308 e. The first-order chi connectivity index (χ1) is 19.0. The molecule has 1 N–H and O–H groups in total. The maximum Gasteiger partial charge on any atom is 0.308 e. The van der Waals surface area contributed by atoms with Crippen molar-refractivity contribution in [3.8, 4) is 0 Å². The van der Waals surface area contributed by atoms with Crippen molar-refractivity contribution in [2.24, 2.45) is 11.8 Å². The summed E-state index contributed by atoms with van der Waals surface area (Å²) in [5.74, 6) is 0.364. The van der Waals surface area contributed by atoms with Gasteiger partial charge in [-0.05, 0) is 61.8 Å². The Morgan fingerprint density at radius 2 is 1.77 bits per heavy atom. The molecule has 3 aromatic rings. The van der Waals surface area contributed by atoms with Crippen LogP contribution in [-0.4, -0.2) is 54.5 Å². The highest BCUT2D eigenvalue weighted by atomic mass is 16.5. The third kappa shape index (κ3) is 4.45. The molecule has 0 spiro atoms. The summed E-state index contributed by atoms with van der Waals surface area (Å²) < 4.78 is 7.15. The zero-order chi connectivity index (χ0) is 27.1. The first kappa shape index (κ1) is 25.5. The third-order valence-electron chi connectivity index (χ3n) is 8.94. The summed E-state index contributed by atoms with van der Waals surface area (Å²) in [6.45, 7) is 1.86. The summed E-state index contributed by atoms with van der Waals surface area (Å²) in [5, 5.41) is 4.35. The van der Waals surface area contributed by atoms with E-state index in [0.29, 0.717) is 32.0 Å². The number of ether oxygens (including phenoxy) is 1. The molecule has 2 aliphatic heterocycles. The van der Waals surface area contributed by atoms with Crippen molar-refractivity contribution in [2.45, 2.75) is 51.2 Å². The van der Waals surface area contributed by atoms with Crippen LogP contribution >= 0.6 is 0 Å². The minimum atomic E-state index is -0.211. The van der Waals surface area contributed by atoms with Gasteiger partial charge in [0.25, 0.3) is 5.91 Å². The van der Waals surface area contributed by atoms with Crippen molar-refractivity contribution >= 4 is 34.4 Å². The number of aromatic nitrogens is 1. The first-order valence-electron chi connectivity index (χ1n) is 14.0. The number of aryl methyl sites for hydroxylation is 1. The Labute approximate surface area is 228 Å². The van der Waals surface area contributed by atoms with E-state index in [1.165, 1.54) is 18.1 Å². The van der Waals surface area contributed by atoms with Gasteiger partial charge >= 0.3 is 5.97 Å². The molecule has 0 bridgehead atoms. The maximum atomic E-state index is 13.5. The number of anilines is 1. The lowest BCUT2D eigenvalue weighted by atomic mass is 9.82. The van der Waals surface area contributed by atoms with Crippen LogP contribution in [0.4, 0.5) is 5.69 Å². The number of amides is 2. The van der Waals surface area contributed by atoms with Crippen molar-refractivity contribution in [1.29, 1.82) is 0 Å². The fraction of sp³-hybridized carbons (Fsp3) is 0.452. The lowest BCUT2D eigenvalue weighted by Crippen LogP contribution is -2.51. The molecule has 3 aliphatic rings. The van der Waals surface area contributed by atoms with Crippen LogP contribution in [0.25, 0.3) is 10.9 Å². The Bertz CT molecular complexity index is 1420. The van der Waals surface area contributed by atoms with Gasteiger partial charge in [-0.25, -0.2) is 0 Å². The molecular formula is C31H36N4O4. The van der Waals surface area contributed by atoms with Crippen LogP contribution in [0.3, 0.4) is 0 Å². The Morgan fingerprint density at radius 3 is 2.56 bits per heavy atom. The van der Waals surface area contributed by atoms with E-state index in [4.69, 9.17) is 4.74 Å². The number of fused-ring (bicyclic) bond motifs is 6. The van der Waals surface area contributed by atoms with E-state index >= 15 is 0 Å². The number of carbonyl (C=O) groups excluding carboxylic acids is 3. The van der Waals surface area contributed by atoms with Crippen molar-refractivity contribution < 1.29 is 19.1 Å². The van der Waals surface area contributed by atoms with Gasteiger partial charge in [0.05, 0.1) is 30.0 Å². The molecule has 1 aromatic heterocycles. The molecule has 8 heteroatoms. The lowest BCUT2D eigenvalue weighted by Gasteiger charge is -2.46. The van der Waals surface area contributed by atoms with E-state index in [1.807, 2.05) is 35.2 Å². The highest BCUT2D eigenvalue weighted by Gasteiger charge is 2.42. The van der Waals surface area contributed by atoms with Gasteiger partial charge < -0.3 is 24.4 Å². The summed E-state index contributed by atoms with van der Waals surface area (Å²) >= 11 is 0. The molecule has 1 fully saturated rings. The van der Waals surface area contributed by atoms with E-state index in [0.717, 1.165) is 54.6 Å². The average Bonchev–Trinajstić information content (AvgIpc) is 3.30. The third-order valence-corrected chi connectivity index (χ3v) is 8.94. The van der Waals surface area contributed by atoms with E-state index in [1.54, 1.807) is 0 Å². The quantitative estimate of drug-likeness (QED) is 0.483. The van der Waals surface area contributed by atoms with Crippen LogP contribution in [0.2, 0.25) is 0 Å². The predicted octanol–water partition coefficient (Wildman–Crippen LogP) is 4.27. The number of hydrogen-bond donors (Lipinski definition) is 1. The molecule has 39 heavy (non-hydrogen) atoms. The number of para-hydroxylation sites is 2. The second kappa shape index (κ2) is 10.4. The average molecular weight is 529 g/mol. The van der Waals surface area contributed by atoms with Crippen LogP contribution < -0.4 is 10.2 Å². The monoisotopic (exact) mass is 528 g/mol. The van der Waals surface area contributed by atoms with Crippen molar-refractivity contribution in [2.75, 3.05) is 32.1 Å². The molecular weight excluding hydrogens is 492 g/mol. The van der Waals surface area contributed by atoms with E-state index in [2.05, 4.69) is 40.0 Å². The zero-order valence-electron chi connectivity index (χ0n) is 22.7. The maximum absolute atomic E-state index is 13.5. The number of nitrogens with one attached hydrogen (secondary N) is 1. The van der Waals surface area contributed by atoms with E-state index in [9.17, 15) is 14.4 Å². The molecule has 1 aliphatic carbocycles. The molecule has 3 heterocycles. The second-order valence-corrected chi connectivity index (χ2v) is 11.1. The molecule has 0 saturated heterocycles. The molecule has 6 rings (SSSR count). The lowest BCUT2D eigenvalue weighted by molar-refractivity contribution is -0.146. The van der Waals surface area contributed by atoms with Crippen LogP contribution in [0.15, 0.2) is 48.5 Å². The van der Waals surface area contributed by atoms with E-state index < -0.39 is 0 Å². The highest BCUT2D eigenvalue weighted by molar-refractivity contribution is 6.02. The predicted molar refractivity (Wildman–Crippen MR) is 149 cm³/mol. The van der Waals surface area contributed by atoms with Gasteiger partial charge in [-0.15, -0.1) is 0 Å². The van der Waals surface area contributed by atoms with E-state index in [-0.39, 0.29) is 29.9 Å². The van der Waals surface area contributed by atoms with Gasteiger partial charge in [0.1, 0.15) is 6.17 Å². The Hall–Kier alpha value is -3.81. The van der Waals surface area contributed by atoms with Gasteiger partial charge in [-0.1, -0.05) is 30.3 Å². The number of carbonyl (C=O) groups is 3. The fourth-order valence-corrected chi connectivity index (χ4v) is 6.88. The Kier molecular flexibility index (Phi) is 6.79. The molecule has 1 unspecified atom stereocenters. The topological polar surface area (TPSA) is 83.9 Å². The molecule has 2 amide bonds. The Balaban J connectivity index is 1.20. The molecule has 2 aromatic carbocycles. The minimum absolute atomic E-state index is 0.00789. The number of hydrogen-bond acceptors (Lipinski definition) is 5. The number of methoxy groups -OCH3 is 1. The van der Waals surface area contributed by atoms with Crippen LogP contribution in [-0.2, 0) is 27.3 Å². The second-order valence-electron chi connectivity index (χ2n) is 11.1. The van der Waals surface area contributed by atoms with Gasteiger partial charge in [-0.2, -0.15) is 0 Å². The van der Waals surface area contributed by atoms with Gasteiger partial charge in [0.2, 0.25) is 5.91 Å². The van der Waals surface area contributed by atoms with Gasteiger partial charge in [-0.3, -0.25) is 14.4 Å². The normalized spacial score (nSPS) is 22.2. The summed E-state index contributed by atoms with van der Waals surface area (Å²) in [7, 11) is 3.50. The Morgan fingerprint density at radius 1 is 1.03 bits per heavy atom. The summed E-state index contributed by atoms with van der Waals surface area (Å²) in [4.78, 5) is 42.5. The highest BCUT2D eigenvalue weighted by Crippen LogP contribution is 2.44. The van der Waals surface area contributed by atoms with Crippen LogP contribution in [0.1, 0.15) is 59.9 Å². The number of esters is 1. The van der Waals surface area contributed by atoms with Crippen LogP contribution in [0, 0.1) is 11.8 Å². The summed E-state index contributed by atoms with van der Waals surface area (Å²) in [6.07, 6.45) is 4.44. The van der Waals surface area contributed by atoms with Crippen LogP contribution in [0.5, 0.6) is 0 Å². The molecule has 8 nitrogen and oxygen atoms in total. The molecule has 1 atom stereocenters. The van der Waals surface area contributed by atoms with Gasteiger partial charge in [0.15, 0.2) is 0 Å². The number of benzene rings is 2. The minimum Gasteiger partial charge on any atom is -0.469 e. The number of nitrogens with zero attached hydrogens (tertiary/aromatic N) is 3. The van der Waals surface area contributed by atoms with Gasteiger partial charge in [0, 0.05) is 44.0 Å². The zero-order valence-corrected chi connectivity index (χ0v) is 22.7.